The highest BCUT2D eigenvalue weighted by atomic mass is 35.5. The molecule has 0 fully saturated rings. The Morgan fingerprint density at radius 3 is 2.74 bits per heavy atom. The van der Waals surface area contributed by atoms with E-state index in [2.05, 4.69) is 50.8 Å². The van der Waals surface area contributed by atoms with Gasteiger partial charge in [-0.3, -0.25) is 0 Å². The third-order valence-corrected chi connectivity index (χ3v) is 6.52. The van der Waals surface area contributed by atoms with Gasteiger partial charge in [0, 0.05) is 28.1 Å². The number of benzene rings is 1. The van der Waals surface area contributed by atoms with Crippen LogP contribution < -0.4 is 5.84 Å². The lowest BCUT2D eigenvalue weighted by molar-refractivity contribution is -0.173. The molecule has 2 heterocycles. The maximum absolute atomic E-state index is 6.39. The van der Waals surface area contributed by atoms with Crippen LogP contribution in [-0.4, -0.2) is 28.1 Å². The molecule has 1 unspecified atom stereocenters. The van der Waals surface area contributed by atoms with Crippen molar-refractivity contribution in [2.75, 3.05) is 6.54 Å². The Kier molecular flexibility index (Phi) is 4.50. The molecular formula is C20H25ClN4OS. The molecule has 2 aliphatic rings. The Balaban J connectivity index is 1.96. The molecule has 1 atom stereocenters. The zero-order valence-corrected chi connectivity index (χ0v) is 17.7. The summed E-state index contributed by atoms with van der Waals surface area (Å²) in [5.41, 5.74) is 2.13. The number of fused-ring (bicyclic) bond motifs is 4. The van der Waals surface area contributed by atoms with E-state index in [1.54, 1.807) is 11.3 Å². The van der Waals surface area contributed by atoms with Gasteiger partial charge in [0.1, 0.15) is 0 Å². The Morgan fingerprint density at radius 1 is 1.30 bits per heavy atom. The molecular weight excluding hydrogens is 380 g/mol. The van der Waals surface area contributed by atoms with Crippen LogP contribution in [0.25, 0.3) is 0 Å². The number of hydroxylamine groups is 1. The van der Waals surface area contributed by atoms with Gasteiger partial charge >= 0.3 is 0 Å². The molecule has 0 bridgehead atoms. The number of aliphatic imine (C=N–C) groups is 1. The summed E-state index contributed by atoms with van der Waals surface area (Å²) < 4.78 is 0.748. The largest absolute Gasteiger partial charge is 0.335 e. The molecule has 1 aromatic carbocycles. The molecule has 0 saturated heterocycles. The van der Waals surface area contributed by atoms with Crippen LogP contribution in [0.15, 0.2) is 35.3 Å². The standard InChI is InChI=1S/C20H25ClN4OS/c1-5-24(19(2,3)4)18-23-20(26-25(18)22)14-9-7-6-8-13(14)10-11-16-15(20)12-17(21)27-16/h6-9,12H,5,10-11,22H2,1-4H3. The Hall–Kier alpha value is -1.60. The monoisotopic (exact) mass is 404 g/mol. The summed E-state index contributed by atoms with van der Waals surface area (Å²) in [5.74, 6) is 6.97. The molecule has 2 aromatic rings. The second kappa shape index (κ2) is 6.48. The second-order valence-corrected chi connectivity index (χ2v) is 9.70. The van der Waals surface area contributed by atoms with E-state index in [1.165, 1.54) is 15.6 Å². The van der Waals surface area contributed by atoms with E-state index in [1.807, 2.05) is 12.1 Å². The predicted octanol–water partition coefficient (Wildman–Crippen LogP) is 4.30. The van der Waals surface area contributed by atoms with Gasteiger partial charge in [0.15, 0.2) is 0 Å². The van der Waals surface area contributed by atoms with E-state index < -0.39 is 5.72 Å². The quantitative estimate of drug-likeness (QED) is 0.720. The fourth-order valence-electron chi connectivity index (χ4n) is 4.04. The third kappa shape index (κ3) is 2.95. The van der Waals surface area contributed by atoms with Crippen LogP contribution in [-0.2, 0) is 23.4 Å². The molecule has 1 aliphatic heterocycles. The molecule has 1 aromatic heterocycles. The van der Waals surface area contributed by atoms with Crippen molar-refractivity contribution < 1.29 is 4.84 Å². The van der Waals surface area contributed by atoms with Crippen LogP contribution in [0.1, 0.15) is 49.3 Å². The molecule has 0 amide bonds. The van der Waals surface area contributed by atoms with Gasteiger partial charge in [-0.1, -0.05) is 35.9 Å². The average molecular weight is 405 g/mol. The van der Waals surface area contributed by atoms with Crippen LogP contribution in [0, 0.1) is 0 Å². The van der Waals surface area contributed by atoms with Gasteiger partial charge in [-0.15, -0.1) is 16.5 Å². The van der Waals surface area contributed by atoms with Crippen molar-refractivity contribution in [2.24, 2.45) is 10.8 Å². The van der Waals surface area contributed by atoms with E-state index >= 15 is 0 Å². The number of hydrogen-bond donors (Lipinski definition) is 1. The summed E-state index contributed by atoms with van der Waals surface area (Å²) in [6, 6.07) is 10.3. The van der Waals surface area contributed by atoms with E-state index in [9.17, 15) is 0 Å². The van der Waals surface area contributed by atoms with Gasteiger partial charge in [-0.25, -0.2) is 15.7 Å². The lowest BCUT2D eigenvalue weighted by Gasteiger charge is -2.37. The van der Waals surface area contributed by atoms with Gasteiger partial charge in [-0.05, 0) is 52.2 Å². The summed E-state index contributed by atoms with van der Waals surface area (Å²) >= 11 is 7.99. The summed E-state index contributed by atoms with van der Waals surface area (Å²) in [5, 5.41) is 1.33. The van der Waals surface area contributed by atoms with Gasteiger partial charge < -0.3 is 4.90 Å². The fourth-order valence-corrected chi connectivity index (χ4v) is 5.35. The first-order chi connectivity index (χ1) is 12.8. The number of aryl methyl sites for hydroxylation is 2. The summed E-state index contributed by atoms with van der Waals surface area (Å²) in [4.78, 5) is 14.8. The molecule has 1 aliphatic carbocycles. The molecule has 4 rings (SSSR count). The summed E-state index contributed by atoms with van der Waals surface area (Å²) in [6.07, 6.45) is 1.85. The maximum atomic E-state index is 6.39. The summed E-state index contributed by atoms with van der Waals surface area (Å²) in [7, 11) is 0. The molecule has 2 N–H and O–H groups in total. The number of rotatable bonds is 1. The number of hydrogen-bond acceptors (Lipinski definition) is 6. The smallest absolute Gasteiger partial charge is 0.243 e. The van der Waals surface area contributed by atoms with Crippen molar-refractivity contribution in [3.63, 3.8) is 0 Å². The van der Waals surface area contributed by atoms with Crippen LogP contribution in [0.2, 0.25) is 4.34 Å². The zero-order valence-electron chi connectivity index (χ0n) is 16.1. The van der Waals surface area contributed by atoms with Crippen molar-refractivity contribution in [2.45, 2.75) is 51.8 Å². The van der Waals surface area contributed by atoms with Crippen LogP contribution in [0.3, 0.4) is 0 Å². The molecule has 0 radical (unpaired) electrons. The molecule has 1 spiro atoms. The highest BCUT2D eigenvalue weighted by Gasteiger charge is 2.50. The SMILES string of the molecule is CCN(C1=NC2(ON1N)c1ccccc1CCc1sc(Cl)cc12)C(C)(C)C. The normalized spacial score (nSPS) is 21.7. The summed E-state index contributed by atoms with van der Waals surface area (Å²) in [6.45, 7) is 9.30. The van der Waals surface area contributed by atoms with E-state index in [-0.39, 0.29) is 5.54 Å². The third-order valence-electron chi connectivity index (χ3n) is 5.20. The molecule has 7 heteroatoms. The van der Waals surface area contributed by atoms with E-state index in [0.29, 0.717) is 5.96 Å². The van der Waals surface area contributed by atoms with Crippen LogP contribution in [0.4, 0.5) is 0 Å². The Bertz CT molecular complexity index is 904. The zero-order chi connectivity index (χ0) is 19.4. The van der Waals surface area contributed by atoms with Crippen molar-refractivity contribution in [1.82, 2.24) is 10.1 Å². The topological polar surface area (TPSA) is 54.1 Å². The average Bonchev–Trinajstić information content (AvgIpc) is 3.11. The number of halogens is 1. The first kappa shape index (κ1) is 18.7. The Morgan fingerprint density at radius 2 is 2.04 bits per heavy atom. The highest BCUT2D eigenvalue weighted by Crippen LogP contribution is 2.48. The van der Waals surface area contributed by atoms with E-state index in [0.717, 1.165) is 34.8 Å². The fraction of sp³-hybridized carbons (Fsp3) is 0.450. The molecule has 144 valence electrons. The van der Waals surface area contributed by atoms with Gasteiger partial charge in [0.25, 0.3) is 0 Å². The number of nitrogens with two attached hydrogens (primary N) is 1. The highest BCUT2D eigenvalue weighted by molar-refractivity contribution is 7.16. The van der Waals surface area contributed by atoms with Crippen molar-refractivity contribution in [1.29, 1.82) is 0 Å². The second-order valence-electron chi connectivity index (χ2n) is 7.93. The number of thiophene rings is 1. The Labute approximate surface area is 169 Å². The lowest BCUT2D eigenvalue weighted by Crippen LogP contribution is -2.52. The minimum atomic E-state index is -0.991. The number of hydrazine groups is 1. The molecule has 27 heavy (non-hydrogen) atoms. The van der Waals surface area contributed by atoms with E-state index in [4.69, 9.17) is 27.3 Å². The molecule has 0 saturated carbocycles. The predicted molar refractivity (Wildman–Crippen MR) is 111 cm³/mol. The first-order valence-corrected chi connectivity index (χ1v) is 10.4. The van der Waals surface area contributed by atoms with Crippen molar-refractivity contribution in [3.8, 4) is 0 Å². The number of guanidine groups is 1. The van der Waals surface area contributed by atoms with Gasteiger partial charge in [0.05, 0.1) is 4.34 Å². The minimum Gasteiger partial charge on any atom is -0.335 e. The van der Waals surface area contributed by atoms with Crippen LogP contribution in [0.5, 0.6) is 0 Å². The minimum absolute atomic E-state index is 0.139. The van der Waals surface area contributed by atoms with Crippen molar-refractivity contribution >= 4 is 28.9 Å². The lowest BCUT2D eigenvalue weighted by atomic mass is 9.93. The van der Waals surface area contributed by atoms with Crippen LogP contribution >= 0.6 is 22.9 Å². The maximum Gasteiger partial charge on any atom is 0.243 e. The first-order valence-electron chi connectivity index (χ1n) is 9.25. The van der Waals surface area contributed by atoms with Gasteiger partial charge in [0.2, 0.25) is 11.7 Å². The number of nitrogens with zero attached hydrogens (tertiary/aromatic N) is 3. The van der Waals surface area contributed by atoms with Crippen molar-refractivity contribution in [3.05, 3.63) is 56.2 Å². The molecule has 5 nitrogen and oxygen atoms in total. The van der Waals surface area contributed by atoms with Gasteiger partial charge in [-0.2, -0.15) is 0 Å².